The highest BCUT2D eigenvalue weighted by Crippen LogP contribution is 2.21. The summed E-state index contributed by atoms with van der Waals surface area (Å²) in [5.41, 5.74) is 0.696. The first-order valence-electron chi connectivity index (χ1n) is 7.17. The zero-order valence-electron chi connectivity index (χ0n) is 14.0. The number of hydrogen-bond acceptors (Lipinski definition) is 5. The van der Waals surface area contributed by atoms with Gasteiger partial charge in [-0.3, -0.25) is 4.79 Å². The maximum absolute atomic E-state index is 12.4. The topological polar surface area (TPSA) is 93.7 Å². The quantitative estimate of drug-likeness (QED) is 0.728. The van der Waals surface area contributed by atoms with Gasteiger partial charge in [-0.25, -0.2) is 8.42 Å². The van der Waals surface area contributed by atoms with E-state index in [1.165, 1.54) is 33.3 Å². The number of methoxy groups -OCH3 is 2. The summed E-state index contributed by atoms with van der Waals surface area (Å²) < 4.78 is 37.1. The normalized spacial score (nSPS) is 14.1. The van der Waals surface area contributed by atoms with Gasteiger partial charge in [-0.05, 0) is 44.5 Å². The molecule has 0 unspecified atom stereocenters. The van der Waals surface area contributed by atoms with Gasteiger partial charge in [0.15, 0.2) is 0 Å². The molecule has 7 nitrogen and oxygen atoms in total. The molecule has 0 aliphatic rings. The first-order valence-corrected chi connectivity index (χ1v) is 8.66. The van der Waals surface area contributed by atoms with E-state index in [1.54, 1.807) is 19.9 Å². The molecule has 0 heterocycles. The largest absolute Gasteiger partial charge is 0.496 e. The summed E-state index contributed by atoms with van der Waals surface area (Å²) in [6.07, 6.45) is 0. The van der Waals surface area contributed by atoms with Crippen LogP contribution in [0.3, 0.4) is 0 Å². The molecule has 0 radical (unpaired) electrons. The van der Waals surface area contributed by atoms with Crippen molar-refractivity contribution in [3.05, 3.63) is 23.8 Å². The van der Waals surface area contributed by atoms with Crippen molar-refractivity contribution in [2.24, 2.45) is 0 Å². The summed E-state index contributed by atoms with van der Waals surface area (Å²) in [6.45, 7) is 5.36. The third-order valence-electron chi connectivity index (χ3n) is 3.21. The van der Waals surface area contributed by atoms with Crippen molar-refractivity contribution in [1.82, 2.24) is 10.0 Å². The van der Waals surface area contributed by atoms with Crippen molar-refractivity contribution >= 4 is 15.9 Å². The fourth-order valence-corrected chi connectivity index (χ4v) is 3.32. The van der Waals surface area contributed by atoms with Gasteiger partial charge < -0.3 is 14.8 Å². The molecular weight excluding hydrogens is 320 g/mol. The molecule has 0 spiro atoms. The van der Waals surface area contributed by atoms with Crippen molar-refractivity contribution < 1.29 is 22.7 Å². The molecular formula is C15H24N2O5S. The van der Waals surface area contributed by atoms with Crippen LogP contribution in [0.1, 0.15) is 19.4 Å². The lowest BCUT2D eigenvalue weighted by atomic mass is 10.2. The highest BCUT2D eigenvalue weighted by atomic mass is 32.2. The molecule has 1 amide bonds. The van der Waals surface area contributed by atoms with Gasteiger partial charge in [0, 0.05) is 13.2 Å². The molecule has 1 aromatic carbocycles. The minimum absolute atomic E-state index is 0.0837. The molecule has 130 valence electrons. The number of sulfonamides is 1. The van der Waals surface area contributed by atoms with E-state index in [0.29, 0.717) is 17.9 Å². The molecule has 2 N–H and O–H groups in total. The van der Waals surface area contributed by atoms with Crippen molar-refractivity contribution in [2.75, 3.05) is 20.8 Å². The zero-order valence-corrected chi connectivity index (χ0v) is 14.9. The first kappa shape index (κ1) is 19.4. The molecule has 1 aromatic rings. The molecule has 1 rings (SSSR count). The lowest BCUT2D eigenvalue weighted by Crippen LogP contribution is -2.48. The molecule has 23 heavy (non-hydrogen) atoms. The lowest BCUT2D eigenvalue weighted by molar-refractivity contribution is -0.123. The average molecular weight is 344 g/mol. The number of benzene rings is 1. The number of aryl methyl sites for hydroxylation is 1. The summed E-state index contributed by atoms with van der Waals surface area (Å²) >= 11 is 0. The van der Waals surface area contributed by atoms with Crippen LogP contribution in [0.4, 0.5) is 0 Å². The van der Waals surface area contributed by atoms with Gasteiger partial charge in [-0.2, -0.15) is 4.72 Å². The minimum atomic E-state index is -3.80. The Labute approximate surface area is 137 Å². The van der Waals surface area contributed by atoms with Gasteiger partial charge >= 0.3 is 0 Å². The fourth-order valence-electron chi connectivity index (χ4n) is 2.03. The van der Waals surface area contributed by atoms with Gasteiger partial charge in [-0.1, -0.05) is 0 Å². The number of carbonyl (C=O) groups excluding carboxylic acids is 1. The number of hydrogen-bond donors (Lipinski definition) is 2. The van der Waals surface area contributed by atoms with Crippen LogP contribution in [-0.2, 0) is 19.6 Å². The monoisotopic (exact) mass is 344 g/mol. The second-order valence-corrected chi connectivity index (χ2v) is 7.05. The van der Waals surface area contributed by atoms with Gasteiger partial charge in [0.25, 0.3) is 0 Å². The molecule has 8 heteroatoms. The van der Waals surface area contributed by atoms with Gasteiger partial charge in [0.2, 0.25) is 15.9 Å². The highest BCUT2D eigenvalue weighted by molar-refractivity contribution is 7.89. The van der Waals surface area contributed by atoms with Crippen LogP contribution >= 0.6 is 0 Å². The number of nitrogens with one attached hydrogen (secondary N) is 2. The Hall–Kier alpha value is -1.64. The van der Waals surface area contributed by atoms with Gasteiger partial charge in [0.05, 0.1) is 24.7 Å². The molecule has 0 aromatic heterocycles. The van der Waals surface area contributed by atoms with E-state index in [0.717, 1.165) is 0 Å². The van der Waals surface area contributed by atoms with Crippen LogP contribution in [0.15, 0.2) is 23.1 Å². The second-order valence-electron chi connectivity index (χ2n) is 5.34. The fraction of sp³-hybridized carbons (Fsp3) is 0.533. The van der Waals surface area contributed by atoms with Crippen molar-refractivity contribution in [1.29, 1.82) is 0 Å². The van der Waals surface area contributed by atoms with Crippen LogP contribution in [0.25, 0.3) is 0 Å². The number of ether oxygens (including phenoxy) is 2. The van der Waals surface area contributed by atoms with E-state index in [2.05, 4.69) is 10.0 Å². The van der Waals surface area contributed by atoms with E-state index in [4.69, 9.17) is 9.47 Å². The maximum Gasteiger partial charge on any atom is 0.241 e. The van der Waals surface area contributed by atoms with Crippen LogP contribution in [0.5, 0.6) is 5.75 Å². The molecule has 0 aliphatic carbocycles. The molecule has 0 fully saturated rings. The lowest BCUT2D eigenvalue weighted by Gasteiger charge is -2.18. The molecule has 2 atom stereocenters. The molecule has 0 saturated heterocycles. The van der Waals surface area contributed by atoms with E-state index in [1.807, 2.05) is 0 Å². The summed E-state index contributed by atoms with van der Waals surface area (Å²) in [5.74, 6) is 0.187. The van der Waals surface area contributed by atoms with E-state index in [-0.39, 0.29) is 10.9 Å². The Morgan fingerprint density at radius 3 is 2.43 bits per heavy atom. The van der Waals surface area contributed by atoms with Crippen LogP contribution in [-0.4, -0.2) is 47.2 Å². The van der Waals surface area contributed by atoms with E-state index in [9.17, 15) is 13.2 Å². The SMILES string of the molecule is COC[C@@H](C)NC(=O)[C@@H](C)NS(=O)(=O)c1ccc(OC)c(C)c1. The Bertz CT molecular complexity index is 645. The predicted molar refractivity (Wildman–Crippen MR) is 87.0 cm³/mol. The van der Waals surface area contributed by atoms with E-state index < -0.39 is 22.0 Å². The Morgan fingerprint density at radius 2 is 1.91 bits per heavy atom. The first-order chi connectivity index (χ1) is 10.7. The van der Waals surface area contributed by atoms with Crippen LogP contribution in [0, 0.1) is 6.92 Å². The van der Waals surface area contributed by atoms with E-state index >= 15 is 0 Å². The summed E-state index contributed by atoms with van der Waals surface area (Å²) in [5, 5.41) is 2.67. The van der Waals surface area contributed by atoms with Crippen LogP contribution < -0.4 is 14.8 Å². The summed E-state index contributed by atoms with van der Waals surface area (Å²) in [4.78, 5) is 12.1. The predicted octanol–water partition coefficient (Wildman–Crippen LogP) is 0.822. The Morgan fingerprint density at radius 1 is 1.26 bits per heavy atom. The highest BCUT2D eigenvalue weighted by Gasteiger charge is 2.23. The van der Waals surface area contributed by atoms with Gasteiger partial charge in [-0.15, -0.1) is 0 Å². The Kier molecular flexibility index (Phi) is 6.99. The average Bonchev–Trinajstić information content (AvgIpc) is 2.46. The second kappa shape index (κ2) is 8.28. The van der Waals surface area contributed by atoms with Crippen molar-refractivity contribution in [3.63, 3.8) is 0 Å². The maximum atomic E-state index is 12.4. The Balaban J connectivity index is 2.81. The van der Waals surface area contributed by atoms with Crippen LogP contribution in [0.2, 0.25) is 0 Å². The number of amides is 1. The summed E-state index contributed by atoms with van der Waals surface area (Å²) in [7, 11) is -0.753. The minimum Gasteiger partial charge on any atom is -0.496 e. The summed E-state index contributed by atoms with van der Waals surface area (Å²) in [6, 6.07) is 3.41. The van der Waals surface area contributed by atoms with Gasteiger partial charge in [0.1, 0.15) is 5.75 Å². The molecule has 0 aliphatic heterocycles. The van der Waals surface area contributed by atoms with Crippen molar-refractivity contribution in [2.45, 2.75) is 37.8 Å². The number of rotatable bonds is 8. The third-order valence-corrected chi connectivity index (χ3v) is 4.75. The smallest absolute Gasteiger partial charge is 0.241 e. The van der Waals surface area contributed by atoms with Crippen molar-refractivity contribution in [3.8, 4) is 5.75 Å². The number of carbonyl (C=O) groups is 1. The molecule has 0 saturated carbocycles. The zero-order chi connectivity index (χ0) is 17.6. The molecule has 0 bridgehead atoms. The standard InChI is InChI=1S/C15H24N2O5S/c1-10-8-13(6-7-14(10)22-5)23(19,20)17-12(3)15(18)16-11(2)9-21-4/h6-8,11-12,17H,9H2,1-5H3,(H,16,18)/t11-,12-/m1/s1. The third kappa shape index (κ3) is 5.49.